The van der Waals surface area contributed by atoms with E-state index in [0.717, 1.165) is 0 Å². The lowest BCUT2D eigenvalue weighted by Gasteiger charge is -2.33. The number of nitrogens with zero attached hydrogens (tertiary/aromatic N) is 7. The van der Waals surface area contributed by atoms with Gasteiger partial charge in [-0.2, -0.15) is 26.9 Å². The van der Waals surface area contributed by atoms with Crippen molar-refractivity contribution in [1.29, 1.82) is 26.5 Å². The summed E-state index contributed by atoms with van der Waals surface area (Å²) in [5.41, 5.74) is 14.9. The molecular formula is C34H60N12O12. The van der Waals surface area contributed by atoms with Crippen LogP contribution in [0.1, 0.15) is 51.4 Å². The number of oxime groups is 3. The fourth-order valence-electron chi connectivity index (χ4n) is 4.18. The van der Waals surface area contributed by atoms with Gasteiger partial charge in [0.05, 0.1) is 167 Å². The van der Waals surface area contributed by atoms with E-state index in [-0.39, 0.29) is 180 Å². The number of hydrogen-bond acceptors (Lipinski definition) is 21. The van der Waals surface area contributed by atoms with Crippen molar-refractivity contribution in [3.63, 3.8) is 0 Å². The Labute approximate surface area is 338 Å². The zero-order valence-electron chi connectivity index (χ0n) is 32.9. The highest BCUT2D eigenvalue weighted by Gasteiger charge is 2.34. The predicted molar refractivity (Wildman–Crippen MR) is 204 cm³/mol. The number of hydrogen-bond donors (Lipinski definition) is 8. The first-order valence-corrected chi connectivity index (χ1v) is 18.0. The second-order valence-electron chi connectivity index (χ2n) is 12.4. The molecule has 0 rings (SSSR count). The number of nitriles is 4. The first-order valence-electron chi connectivity index (χ1n) is 18.0. The summed E-state index contributed by atoms with van der Waals surface area (Å²) in [5.74, 6) is 4.85. The maximum absolute atomic E-state index is 8.65. The fourth-order valence-corrected chi connectivity index (χ4v) is 4.18. The standard InChI is InChI=1S/C17H36N8O8.C17H24N4O4/c18-13(23-26)1-5-29-9-17(10-30-6-2-14(19)24-27,11-31-7-3-15(20)25-28)12-32-8-4-16(21)33-22;18-5-1-9-22-13-17(14-23-10-2-6-19,15-24-11-3-7-20)16-25-12-4-8-21/h21,26-28H,1-12,22H2,(H2,18,23)(H2,19,24)(H2,20,25);1-4,9-16H2. The molecule has 0 heterocycles. The van der Waals surface area contributed by atoms with E-state index in [1.165, 1.54) is 0 Å². The molecule has 0 unspecified atom stereocenters. The molecule has 0 saturated carbocycles. The Hall–Kier alpha value is -5.12. The van der Waals surface area contributed by atoms with Crippen LogP contribution in [0, 0.1) is 61.6 Å². The Morgan fingerprint density at radius 2 is 0.672 bits per heavy atom. The summed E-state index contributed by atoms with van der Waals surface area (Å²) in [7, 11) is 0. The van der Waals surface area contributed by atoms with Crippen LogP contribution in [-0.4, -0.2) is 145 Å². The van der Waals surface area contributed by atoms with Gasteiger partial charge in [0.1, 0.15) is 17.5 Å². The summed E-state index contributed by atoms with van der Waals surface area (Å²) in [5, 5.41) is 76.5. The molecular weight excluding hydrogens is 768 g/mol. The zero-order chi connectivity index (χ0) is 43.6. The van der Waals surface area contributed by atoms with Crippen molar-refractivity contribution in [2.45, 2.75) is 51.4 Å². The van der Waals surface area contributed by atoms with Crippen LogP contribution in [-0.2, 0) is 42.7 Å². The molecule has 24 heteroatoms. The van der Waals surface area contributed by atoms with Crippen LogP contribution in [0.15, 0.2) is 15.5 Å². The quantitative estimate of drug-likeness (QED) is 0.0139. The van der Waals surface area contributed by atoms with Crippen LogP contribution in [0.4, 0.5) is 0 Å². The fraction of sp³-hybridized carbons (Fsp3) is 0.765. The van der Waals surface area contributed by atoms with Gasteiger partial charge in [0.15, 0.2) is 0 Å². The zero-order valence-corrected chi connectivity index (χ0v) is 32.9. The second-order valence-corrected chi connectivity index (χ2v) is 12.4. The maximum atomic E-state index is 8.65. The van der Waals surface area contributed by atoms with Crippen LogP contribution in [0.3, 0.4) is 0 Å². The number of ether oxygens (including phenoxy) is 8. The molecule has 0 aromatic heterocycles. The molecule has 0 amide bonds. The molecule has 24 nitrogen and oxygen atoms in total. The Morgan fingerprint density at radius 3 is 0.879 bits per heavy atom. The number of rotatable bonds is 36. The van der Waals surface area contributed by atoms with Gasteiger partial charge in [-0.3, -0.25) is 5.41 Å². The number of nitrogens with two attached hydrogens (primary N) is 4. The third kappa shape index (κ3) is 32.0. The van der Waals surface area contributed by atoms with Crippen LogP contribution < -0.4 is 23.1 Å². The van der Waals surface area contributed by atoms with Gasteiger partial charge in [0, 0.05) is 25.7 Å². The Kier molecular flexibility index (Phi) is 36.7. The van der Waals surface area contributed by atoms with Crippen LogP contribution in [0.25, 0.3) is 0 Å². The lowest BCUT2D eigenvalue weighted by molar-refractivity contribution is -0.104. The molecule has 0 aromatic rings. The topological polar surface area (TPSA) is 404 Å². The van der Waals surface area contributed by atoms with Crippen molar-refractivity contribution in [1.82, 2.24) is 0 Å². The van der Waals surface area contributed by atoms with E-state index in [1.54, 1.807) is 0 Å². The van der Waals surface area contributed by atoms with Gasteiger partial charge in [-0.1, -0.05) is 15.5 Å². The molecule has 0 radical (unpaired) electrons. The first kappa shape index (κ1) is 55.0. The minimum atomic E-state index is -0.812. The molecule has 0 atom stereocenters. The van der Waals surface area contributed by atoms with Crippen LogP contribution in [0.2, 0.25) is 0 Å². The van der Waals surface area contributed by atoms with E-state index in [2.05, 4.69) is 20.3 Å². The van der Waals surface area contributed by atoms with Crippen molar-refractivity contribution in [3.8, 4) is 24.3 Å². The third-order valence-electron chi connectivity index (χ3n) is 7.21. The predicted octanol–water partition coefficient (Wildman–Crippen LogP) is 0.400. The van der Waals surface area contributed by atoms with Crippen molar-refractivity contribution in [2.75, 3.05) is 106 Å². The van der Waals surface area contributed by atoms with Crippen molar-refractivity contribution < 1.29 is 58.4 Å². The minimum Gasteiger partial charge on any atom is -0.409 e. The molecule has 0 spiro atoms. The van der Waals surface area contributed by atoms with Crippen molar-refractivity contribution in [3.05, 3.63) is 0 Å². The molecule has 0 aliphatic carbocycles. The molecule has 58 heavy (non-hydrogen) atoms. The Bertz CT molecular complexity index is 1170. The highest BCUT2D eigenvalue weighted by molar-refractivity contribution is 5.80. The van der Waals surface area contributed by atoms with E-state index in [0.29, 0.717) is 0 Å². The Morgan fingerprint density at radius 1 is 0.448 bits per heavy atom. The number of nitrogens with one attached hydrogen (secondary N) is 1. The normalized spacial score (nSPS) is 12.9. The molecule has 0 bridgehead atoms. The molecule has 0 aromatic carbocycles. The highest BCUT2D eigenvalue weighted by Crippen LogP contribution is 2.23. The van der Waals surface area contributed by atoms with E-state index >= 15 is 0 Å². The van der Waals surface area contributed by atoms with Crippen molar-refractivity contribution in [2.24, 2.45) is 49.4 Å². The molecule has 12 N–H and O–H groups in total. The monoisotopic (exact) mass is 828 g/mol. The van der Waals surface area contributed by atoms with Crippen molar-refractivity contribution >= 4 is 23.4 Å². The van der Waals surface area contributed by atoms with E-state index in [4.69, 9.17) is 103 Å². The largest absolute Gasteiger partial charge is 0.409 e. The lowest BCUT2D eigenvalue weighted by Crippen LogP contribution is -2.42. The molecule has 0 aliphatic rings. The van der Waals surface area contributed by atoms with Gasteiger partial charge in [0.2, 0.25) is 5.90 Å². The lowest BCUT2D eigenvalue weighted by atomic mass is 9.92. The summed E-state index contributed by atoms with van der Waals surface area (Å²) >= 11 is 0. The molecule has 0 saturated heterocycles. The third-order valence-corrected chi connectivity index (χ3v) is 7.21. The van der Waals surface area contributed by atoms with E-state index in [9.17, 15) is 0 Å². The SMILES string of the molecule is N#CCCOCC(COCCC#N)(COCCC#N)COCCC#N.N=C(CCOCC(COCCC(N)=NO)(COCCC(N)=NO)COCCC(N)=NO)ON. The highest BCUT2D eigenvalue weighted by atomic mass is 16.6. The maximum Gasteiger partial charge on any atom is 0.208 e. The summed E-state index contributed by atoms with van der Waals surface area (Å²) in [6.45, 7) is 3.24. The molecule has 0 fully saturated rings. The summed E-state index contributed by atoms with van der Waals surface area (Å²) in [6, 6.07) is 8.03. The first-order chi connectivity index (χ1) is 28.1. The van der Waals surface area contributed by atoms with Gasteiger partial charge in [-0.25, -0.2) is 0 Å². The van der Waals surface area contributed by atoms with E-state index < -0.39 is 10.8 Å². The molecule has 328 valence electrons. The summed E-state index contributed by atoms with van der Waals surface area (Å²) < 4.78 is 45.0. The van der Waals surface area contributed by atoms with Gasteiger partial charge in [-0.05, 0) is 0 Å². The van der Waals surface area contributed by atoms with Gasteiger partial charge in [0.25, 0.3) is 0 Å². The smallest absolute Gasteiger partial charge is 0.208 e. The van der Waals surface area contributed by atoms with Crippen LogP contribution >= 0.6 is 0 Å². The average molecular weight is 829 g/mol. The second kappa shape index (κ2) is 38.7. The Balaban J connectivity index is 0. The van der Waals surface area contributed by atoms with Crippen LogP contribution in [0.5, 0.6) is 0 Å². The summed E-state index contributed by atoms with van der Waals surface area (Å²) in [6.07, 6.45) is 1.86. The summed E-state index contributed by atoms with van der Waals surface area (Å²) in [4.78, 5) is 4.32. The van der Waals surface area contributed by atoms with Gasteiger partial charge in [-0.15, -0.1) is 0 Å². The van der Waals surface area contributed by atoms with E-state index in [1.807, 2.05) is 24.3 Å². The average Bonchev–Trinajstić information content (AvgIpc) is 3.24. The van der Waals surface area contributed by atoms with Gasteiger partial charge < -0.3 is 75.6 Å². The number of amidine groups is 3. The molecule has 0 aliphatic heterocycles. The van der Waals surface area contributed by atoms with Gasteiger partial charge >= 0.3 is 0 Å². The minimum absolute atomic E-state index is 0.0159.